The quantitative estimate of drug-likeness (QED) is 0.857. The lowest BCUT2D eigenvalue weighted by molar-refractivity contribution is 0.0528. The molecule has 1 saturated heterocycles. The highest BCUT2D eigenvalue weighted by Crippen LogP contribution is 2.33. The van der Waals surface area contributed by atoms with Crippen molar-refractivity contribution >= 4 is 11.8 Å². The highest BCUT2D eigenvalue weighted by Gasteiger charge is 2.30. The molecule has 138 valence electrons. The fourth-order valence-electron chi connectivity index (χ4n) is 3.91. The molecule has 0 spiro atoms. The molecule has 4 rings (SSSR count). The van der Waals surface area contributed by atoms with Crippen molar-refractivity contribution in [1.29, 1.82) is 0 Å². The summed E-state index contributed by atoms with van der Waals surface area (Å²) in [6.45, 7) is 1.99. The number of amides is 2. The van der Waals surface area contributed by atoms with Crippen LogP contribution in [0.15, 0.2) is 12.5 Å². The molecular weight excluding hydrogens is 334 g/mol. The van der Waals surface area contributed by atoms with Crippen molar-refractivity contribution < 1.29 is 9.59 Å². The first-order valence-electron chi connectivity index (χ1n) is 9.21. The number of nitrogens with zero attached hydrogens (tertiary/aromatic N) is 5. The van der Waals surface area contributed by atoms with E-state index in [0.717, 1.165) is 18.5 Å². The summed E-state index contributed by atoms with van der Waals surface area (Å²) < 4.78 is 0. The molecule has 26 heavy (non-hydrogen) atoms. The Morgan fingerprint density at radius 1 is 0.923 bits per heavy atom. The first-order valence-corrected chi connectivity index (χ1v) is 9.21. The standard InChI is InChI=1S/C17H23N7O2/c25-16(13-10-19-21-14(13)12-4-2-1-3-5-12)23-6-8-24(9-7-23)17(26)15-18-11-20-22-15/h10-12H,1-9H2,(H,19,21)(H,18,20,22). The fraction of sp³-hybridized carbons (Fsp3) is 0.588. The molecule has 2 aromatic heterocycles. The Kier molecular flexibility index (Phi) is 4.68. The second-order valence-electron chi connectivity index (χ2n) is 6.95. The van der Waals surface area contributed by atoms with Crippen molar-refractivity contribution in [1.82, 2.24) is 35.2 Å². The van der Waals surface area contributed by atoms with Gasteiger partial charge in [-0.2, -0.15) is 10.2 Å². The van der Waals surface area contributed by atoms with Crippen LogP contribution in [0.2, 0.25) is 0 Å². The van der Waals surface area contributed by atoms with Gasteiger partial charge in [0.15, 0.2) is 0 Å². The average Bonchev–Trinajstić information content (AvgIpc) is 3.39. The summed E-state index contributed by atoms with van der Waals surface area (Å²) in [5.74, 6) is 0.464. The zero-order chi connectivity index (χ0) is 17.9. The Bertz CT molecular complexity index is 756. The third kappa shape index (κ3) is 3.21. The van der Waals surface area contributed by atoms with E-state index in [1.807, 2.05) is 0 Å². The first kappa shape index (κ1) is 16.7. The van der Waals surface area contributed by atoms with E-state index < -0.39 is 0 Å². The van der Waals surface area contributed by atoms with Gasteiger partial charge in [0.25, 0.3) is 11.8 Å². The maximum Gasteiger partial charge on any atom is 0.291 e. The minimum Gasteiger partial charge on any atom is -0.335 e. The molecule has 0 unspecified atom stereocenters. The molecule has 3 heterocycles. The molecule has 9 nitrogen and oxygen atoms in total. The molecule has 1 aliphatic heterocycles. The zero-order valence-corrected chi connectivity index (χ0v) is 14.6. The van der Waals surface area contributed by atoms with Gasteiger partial charge >= 0.3 is 0 Å². The molecule has 0 atom stereocenters. The molecule has 2 fully saturated rings. The normalized spacial score (nSPS) is 18.9. The van der Waals surface area contributed by atoms with E-state index in [1.54, 1.807) is 16.0 Å². The van der Waals surface area contributed by atoms with Crippen LogP contribution in [0.3, 0.4) is 0 Å². The Morgan fingerprint density at radius 3 is 2.27 bits per heavy atom. The van der Waals surface area contributed by atoms with Crippen molar-refractivity contribution in [3.05, 3.63) is 29.6 Å². The highest BCUT2D eigenvalue weighted by atomic mass is 16.2. The van der Waals surface area contributed by atoms with Crippen LogP contribution >= 0.6 is 0 Å². The van der Waals surface area contributed by atoms with E-state index in [4.69, 9.17) is 0 Å². The summed E-state index contributed by atoms with van der Waals surface area (Å²) >= 11 is 0. The van der Waals surface area contributed by atoms with Gasteiger partial charge in [-0.1, -0.05) is 19.3 Å². The van der Waals surface area contributed by atoms with Gasteiger partial charge in [0, 0.05) is 32.1 Å². The van der Waals surface area contributed by atoms with Crippen molar-refractivity contribution in [2.75, 3.05) is 26.2 Å². The van der Waals surface area contributed by atoms with E-state index >= 15 is 0 Å². The average molecular weight is 357 g/mol. The number of carbonyl (C=O) groups excluding carboxylic acids is 2. The maximum absolute atomic E-state index is 13.0. The van der Waals surface area contributed by atoms with Crippen molar-refractivity contribution in [2.45, 2.75) is 38.0 Å². The van der Waals surface area contributed by atoms with E-state index in [9.17, 15) is 9.59 Å². The predicted molar refractivity (Wildman–Crippen MR) is 92.6 cm³/mol. The Morgan fingerprint density at radius 2 is 1.62 bits per heavy atom. The lowest BCUT2D eigenvalue weighted by atomic mass is 9.85. The largest absolute Gasteiger partial charge is 0.335 e. The Hall–Kier alpha value is -2.71. The molecule has 2 amide bonds. The van der Waals surface area contributed by atoms with E-state index in [-0.39, 0.29) is 17.6 Å². The topological polar surface area (TPSA) is 111 Å². The number of nitrogens with one attached hydrogen (secondary N) is 2. The number of carbonyl (C=O) groups is 2. The third-order valence-corrected chi connectivity index (χ3v) is 5.38. The predicted octanol–water partition coefficient (Wildman–Crippen LogP) is 1.17. The van der Waals surface area contributed by atoms with Gasteiger partial charge in [-0.3, -0.25) is 19.8 Å². The Balaban J connectivity index is 1.40. The second-order valence-corrected chi connectivity index (χ2v) is 6.95. The lowest BCUT2D eigenvalue weighted by Gasteiger charge is -2.34. The monoisotopic (exact) mass is 357 g/mol. The fourth-order valence-corrected chi connectivity index (χ4v) is 3.91. The summed E-state index contributed by atoms with van der Waals surface area (Å²) in [6, 6.07) is 0. The number of aromatic nitrogens is 5. The van der Waals surface area contributed by atoms with E-state index in [2.05, 4.69) is 25.4 Å². The minimum absolute atomic E-state index is 0.00564. The molecule has 2 aromatic rings. The maximum atomic E-state index is 13.0. The first-order chi connectivity index (χ1) is 12.7. The summed E-state index contributed by atoms with van der Waals surface area (Å²) in [7, 11) is 0. The van der Waals surface area contributed by atoms with E-state index in [1.165, 1.54) is 25.6 Å². The van der Waals surface area contributed by atoms with Crippen LogP contribution in [0.5, 0.6) is 0 Å². The molecule has 1 aliphatic carbocycles. The van der Waals surface area contributed by atoms with Crippen LogP contribution < -0.4 is 0 Å². The van der Waals surface area contributed by atoms with Crippen LogP contribution in [0, 0.1) is 0 Å². The number of aromatic amines is 2. The van der Waals surface area contributed by atoms with Crippen LogP contribution in [0.25, 0.3) is 0 Å². The molecule has 0 radical (unpaired) electrons. The van der Waals surface area contributed by atoms with Gasteiger partial charge in [-0.25, -0.2) is 4.98 Å². The van der Waals surface area contributed by atoms with Gasteiger partial charge in [-0.15, -0.1) is 0 Å². The number of H-pyrrole nitrogens is 2. The van der Waals surface area contributed by atoms with Gasteiger partial charge in [0.05, 0.1) is 17.5 Å². The van der Waals surface area contributed by atoms with Crippen molar-refractivity contribution in [3.8, 4) is 0 Å². The Labute approximate surface area is 151 Å². The molecule has 1 saturated carbocycles. The van der Waals surface area contributed by atoms with Crippen LogP contribution in [0.4, 0.5) is 0 Å². The minimum atomic E-state index is -0.180. The number of hydrogen-bond donors (Lipinski definition) is 2. The SMILES string of the molecule is O=C(c1ncn[nH]1)N1CCN(C(=O)c2cn[nH]c2C2CCCCC2)CC1. The van der Waals surface area contributed by atoms with Crippen LogP contribution in [-0.2, 0) is 0 Å². The number of rotatable bonds is 3. The smallest absolute Gasteiger partial charge is 0.291 e. The second kappa shape index (κ2) is 7.27. The number of hydrogen-bond acceptors (Lipinski definition) is 5. The van der Waals surface area contributed by atoms with Gasteiger partial charge in [0.2, 0.25) is 5.82 Å². The molecular formula is C17H23N7O2. The van der Waals surface area contributed by atoms with E-state index in [0.29, 0.717) is 37.7 Å². The molecule has 0 aromatic carbocycles. The molecule has 0 bridgehead atoms. The van der Waals surface area contributed by atoms with Gasteiger partial charge in [0.1, 0.15) is 6.33 Å². The van der Waals surface area contributed by atoms with Crippen molar-refractivity contribution in [2.24, 2.45) is 0 Å². The van der Waals surface area contributed by atoms with Crippen LogP contribution in [0.1, 0.15) is 64.7 Å². The third-order valence-electron chi connectivity index (χ3n) is 5.38. The summed E-state index contributed by atoms with van der Waals surface area (Å²) in [6.07, 6.45) is 8.88. The highest BCUT2D eigenvalue weighted by molar-refractivity contribution is 5.95. The zero-order valence-electron chi connectivity index (χ0n) is 14.6. The summed E-state index contributed by atoms with van der Waals surface area (Å²) in [5, 5.41) is 13.5. The molecule has 9 heteroatoms. The van der Waals surface area contributed by atoms with Gasteiger partial charge in [-0.05, 0) is 12.8 Å². The lowest BCUT2D eigenvalue weighted by Crippen LogP contribution is -2.50. The van der Waals surface area contributed by atoms with Gasteiger partial charge < -0.3 is 9.80 Å². The van der Waals surface area contributed by atoms with Crippen molar-refractivity contribution in [3.63, 3.8) is 0 Å². The molecule has 2 aliphatic rings. The number of piperazine rings is 1. The van der Waals surface area contributed by atoms with Crippen LogP contribution in [-0.4, -0.2) is 73.2 Å². The molecule has 2 N–H and O–H groups in total. The summed E-state index contributed by atoms with van der Waals surface area (Å²) in [4.78, 5) is 32.7. The summed E-state index contributed by atoms with van der Waals surface area (Å²) in [5.41, 5.74) is 1.67.